The molecule has 5 nitrogen and oxygen atoms in total. The topological polar surface area (TPSA) is 74.2 Å². The van der Waals surface area contributed by atoms with Crippen LogP contribution in [0.3, 0.4) is 0 Å². The van der Waals surface area contributed by atoms with E-state index < -0.39 is 0 Å². The summed E-state index contributed by atoms with van der Waals surface area (Å²) in [6.45, 7) is 3.44. The van der Waals surface area contributed by atoms with Crippen LogP contribution in [0.1, 0.15) is 23.7 Å². The molecule has 1 saturated heterocycles. The number of ether oxygens (including phenoxy) is 1. The third kappa shape index (κ3) is 1.97. The van der Waals surface area contributed by atoms with Crippen molar-refractivity contribution in [3.8, 4) is 11.5 Å². The summed E-state index contributed by atoms with van der Waals surface area (Å²) in [4.78, 5) is 4.45. The summed E-state index contributed by atoms with van der Waals surface area (Å²) in [6, 6.07) is 5.67. The van der Waals surface area contributed by atoms with Crippen LogP contribution >= 0.6 is 0 Å². The van der Waals surface area contributed by atoms with E-state index in [0.29, 0.717) is 18.2 Å². The summed E-state index contributed by atoms with van der Waals surface area (Å²) >= 11 is 0. The van der Waals surface area contributed by atoms with Crippen molar-refractivity contribution < 1.29 is 9.26 Å². The van der Waals surface area contributed by atoms with Gasteiger partial charge in [-0.1, -0.05) is 11.2 Å². The van der Waals surface area contributed by atoms with Gasteiger partial charge in [-0.05, 0) is 31.0 Å². The minimum atomic E-state index is 0.254. The van der Waals surface area contributed by atoms with Gasteiger partial charge in [-0.2, -0.15) is 4.98 Å². The Bertz CT molecular complexity index is 559. The Morgan fingerprint density at radius 1 is 1.39 bits per heavy atom. The number of aromatic nitrogens is 2. The minimum absolute atomic E-state index is 0.254. The van der Waals surface area contributed by atoms with E-state index in [1.807, 2.05) is 25.1 Å². The van der Waals surface area contributed by atoms with Crippen LogP contribution in [0.25, 0.3) is 11.5 Å². The molecular weight excluding hydrogens is 230 g/mol. The van der Waals surface area contributed by atoms with E-state index in [1.54, 1.807) is 0 Å². The molecule has 5 heteroatoms. The van der Waals surface area contributed by atoms with Crippen LogP contribution in [-0.4, -0.2) is 23.4 Å². The number of hydrogen-bond acceptors (Lipinski definition) is 5. The molecule has 0 amide bonds. The van der Waals surface area contributed by atoms with E-state index in [1.165, 1.54) is 0 Å². The summed E-state index contributed by atoms with van der Waals surface area (Å²) in [5.41, 5.74) is 8.45. The number of benzene rings is 1. The van der Waals surface area contributed by atoms with Crippen molar-refractivity contribution in [3.63, 3.8) is 0 Å². The highest BCUT2D eigenvalue weighted by Gasteiger charge is 2.23. The van der Waals surface area contributed by atoms with Crippen molar-refractivity contribution in [2.75, 3.05) is 18.9 Å². The fraction of sp³-hybridized carbons (Fsp3) is 0.385. The van der Waals surface area contributed by atoms with Gasteiger partial charge in [0.15, 0.2) is 5.82 Å². The Balaban J connectivity index is 1.94. The number of nitrogens with zero attached hydrogens (tertiary/aromatic N) is 2. The van der Waals surface area contributed by atoms with Gasteiger partial charge < -0.3 is 15.0 Å². The number of aryl methyl sites for hydroxylation is 1. The fourth-order valence-corrected chi connectivity index (χ4v) is 2.12. The molecule has 1 aromatic heterocycles. The van der Waals surface area contributed by atoms with Crippen molar-refractivity contribution in [3.05, 3.63) is 29.6 Å². The third-order valence-corrected chi connectivity index (χ3v) is 3.23. The van der Waals surface area contributed by atoms with Crippen molar-refractivity contribution in [2.24, 2.45) is 0 Å². The van der Waals surface area contributed by atoms with Gasteiger partial charge in [0.05, 0.1) is 6.61 Å². The molecule has 2 heterocycles. The first-order valence-electron chi connectivity index (χ1n) is 6.02. The number of rotatable bonds is 2. The molecule has 0 radical (unpaired) electrons. The number of nitrogens with two attached hydrogens (primary N) is 1. The molecule has 1 aliphatic heterocycles. The molecule has 0 spiro atoms. The van der Waals surface area contributed by atoms with E-state index in [-0.39, 0.29) is 5.92 Å². The highest BCUT2D eigenvalue weighted by atomic mass is 16.5. The number of nitrogen functional groups attached to an aromatic ring is 1. The molecule has 94 valence electrons. The van der Waals surface area contributed by atoms with Crippen molar-refractivity contribution in [1.82, 2.24) is 10.1 Å². The molecule has 1 fully saturated rings. The molecule has 1 aliphatic rings. The zero-order chi connectivity index (χ0) is 12.5. The van der Waals surface area contributed by atoms with E-state index in [9.17, 15) is 0 Å². The lowest BCUT2D eigenvalue weighted by atomic mass is 10.1. The summed E-state index contributed by atoms with van der Waals surface area (Å²) in [5.74, 6) is 1.51. The van der Waals surface area contributed by atoms with E-state index in [2.05, 4.69) is 10.1 Å². The lowest BCUT2D eigenvalue weighted by Crippen LogP contribution is -1.99. The first-order valence-corrected chi connectivity index (χ1v) is 6.02. The normalized spacial score (nSPS) is 19.3. The lowest BCUT2D eigenvalue weighted by molar-refractivity contribution is 0.192. The molecule has 18 heavy (non-hydrogen) atoms. The molecule has 1 aromatic carbocycles. The second kappa shape index (κ2) is 4.42. The van der Waals surface area contributed by atoms with Crippen molar-refractivity contribution >= 4 is 5.69 Å². The Hall–Kier alpha value is -1.88. The Morgan fingerprint density at radius 3 is 3.06 bits per heavy atom. The molecule has 1 atom stereocenters. The molecule has 0 bridgehead atoms. The smallest absolute Gasteiger partial charge is 0.258 e. The van der Waals surface area contributed by atoms with Crippen molar-refractivity contribution in [2.45, 2.75) is 19.3 Å². The van der Waals surface area contributed by atoms with Crippen LogP contribution < -0.4 is 5.73 Å². The lowest BCUT2D eigenvalue weighted by Gasteiger charge is -2.01. The summed E-state index contributed by atoms with van der Waals surface area (Å²) in [6.07, 6.45) is 0.953. The maximum atomic E-state index is 5.78. The van der Waals surface area contributed by atoms with Gasteiger partial charge in [-0.25, -0.2) is 0 Å². The van der Waals surface area contributed by atoms with Crippen LogP contribution in [0.2, 0.25) is 0 Å². The standard InChI is InChI=1S/C13H15N3O2/c1-8-2-3-10(14)6-11(8)13-15-12(16-18-13)9-4-5-17-7-9/h2-3,6,9H,4-5,7,14H2,1H3. The molecule has 2 N–H and O–H groups in total. The van der Waals surface area contributed by atoms with Gasteiger partial charge in [0.2, 0.25) is 0 Å². The maximum Gasteiger partial charge on any atom is 0.258 e. The van der Waals surface area contributed by atoms with E-state index in [4.69, 9.17) is 15.0 Å². The molecule has 1 unspecified atom stereocenters. The van der Waals surface area contributed by atoms with Gasteiger partial charge in [0.1, 0.15) is 0 Å². The van der Waals surface area contributed by atoms with Gasteiger partial charge in [-0.15, -0.1) is 0 Å². The predicted octanol–water partition coefficient (Wildman–Crippen LogP) is 2.13. The predicted molar refractivity (Wildman–Crippen MR) is 67.1 cm³/mol. The Kier molecular flexibility index (Phi) is 2.76. The minimum Gasteiger partial charge on any atom is -0.399 e. The average molecular weight is 245 g/mol. The van der Waals surface area contributed by atoms with Crippen LogP contribution in [0.15, 0.2) is 22.7 Å². The zero-order valence-electron chi connectivity index (χ0n) is 10.2. The van der Waals surface area contributed by atoms with Gasteiger partial charge in [-0.3, -0.25) is 0 Å². The second-order valence-corrected chi connectivity index (χ2v) is 4.59. The van der Waals surface area contributed by atoms with Gasteiger partial charge in [0.25, 0.3) is 5.89 Å². The zero-order valence-corrected chi connectivity index (χ0v) is 10.2. The third-order valence-electron chi connectivity index (χ3n) is 3.23. The largest absolute Gasteiger partial charge is 0.399 e. The first-order chi connectivity index (χ1) is 8.74. The van der Waals surface area contributed by atoms with E-state index in [0.717, 1.165) is 30.0 Å². The van der Waals surface area contributed by atoms with Gasteiger partial charge in [0, 0.05) is 23.8 Å². The van der Waals surface area contributed by atoms with Crippen LogP contribution in [0.5, 0.6) is 0 Å². The quantitative estimate of drug-likeness (QED) is 0.820. The average Bonchev–Trinajstić information content (AvgIpc) is 3.00. The molecule has 3 rings (SSSR count). The Morgan fingerprint density at radius 2 is 2.28 bits per heavy atom. The molecule has 0 saturated carbocycles. The number of hydrogen-bond donors (Lipinski definition) is 1. The van der Waals surface area contributed by atoms with Crippen molar-refractivity contribution in [1.29, 1.82) is 0 Å². The van der Waals surface area contributed by atoms with Crippen LogP contribution in [0.4, 0.5) is 5.69 Å². The highest BCUT2D eigenvalue weighted by molar-refractivity contribution is 5.63. The summed E-state index contributed by atoms with van der Waals surface area (Å²) < 4.78 is 10.7. The monoisotopic (exact) mass is 245 g/mol. The van der Waals surface area contributed by atoms with E-state index >= 15 is 0 Å². The Labute approximate surface area is 105 Å². The number of anilines is 1. The van der Waals surface area contributed by atoms with Gasteiger partial charge >= 0.3 is 0 Å². The maximum absolute atomic E-state index is 5.78. The summed E-state index contributed by atoms with van der Waals surface area (Å²) in [7, 11) is 0. The molecular formula is C13H15N3O2. The molecule has 0 aliphatic carbocycles. The van der Waals surface area contributed by atoms with Crippen LogP contribution in [0, 0.1) is 6.92 Å². The second-order valence-electron chi connectivity index (χ2n) is 4.59. The highest BCUT2D eigenvalue weighted by Crippen LogP contribution is 2.28. The first kappa shape index (κ1) is 11.2. The van der Waals surface area contributed by atoms with Crippen LogP contribution in [-0.2, 0) is 4.74 Å². The summed E-state index contributed by atoms with van der Waals surface area (Å²) in [5, 5.41) is 4.04. The molecule has 2 aromatic rings. The SMILES string of the molecule is Cc1ccc(N)cc1-c1nc(C2CCOC2)no1. The fourth-order valence-electron chi connectivity index (χ4n) is 2.12.